The Morgan fingerprint density at radius 3 is 2.69 bits per heavy atom. The molecular weight excluding hydrogens is 463 g/mol. The molecule has 2 aliphatic heterocycles. The molecule has 2 fully saturated rings. The van der Waals surface area contributed by atoms with Gasteiger partial charge in [0.15, 0.2) is 0 Å². The van der Waals surface area contributed by atoms with Crippen LogP contribution in [-0.2, 0) is 16.1 Å². The van der Waals surface area contributed by atoms with Crippen LogP contribution >= 0.6 is 22.7 Å². The highest BCUT2D eigenvalue weighted by Crippen LogP contribution is 2.50. The maximum absolute atomic E-state index is 13.3. The molecule has 0 radical (unpaired) electrons. The van der Waals surface area contributed by atoms with Crippen molar-refractivity contribution in [2.75, 3.05) is 26.2 Å². The number of hydrogen-bond donors (Lipinski definition) is 1. The second kappa shape index (κ2) is 9.72. The molecule has 2 aromatic heterocycles. The number of hydrogen-bond acceptors (Lipinski definition) is 6. The van der Waals surface area contributed by atoms with Crippen molar-refractivity contribution in [3.8, 4) is 0 Å². The third-order valence-electron chi connectivity index (χ3n) is 5.67. The van der Waals surface area contributed by atoms with Crippen LogP contribution in [0.2, 0.25) is 0 Å². The average molecular weight is 488 g/mol. The number of carbonyl (C=O) groups excluding carboxylic acids is 1. The van der Waals surface area contributed by atoms with Crippen molar-refractivity contribution in [1.82, 2.24) is 14.8 Å². The molecule has 2 atom stereocenters. The largest absolute Gasteiger partial charge is 0.490 e. The van der Waals surface area contributed by atoms with E-state index in [1.165, 1.54) is 9.75 Å². The van der Waals surface area contributed by atoms with Gasteiger partial charge in [0.25, 0.3) is 0 Å². The van der Waals surface area contributed by atoms with Crippen LogP contribution < -0.4 is 0 Å². The summed E-state index contributed by atoms with van der Waals surface area (Å²) in [5, 5.41) is 10.3. The molecule has 4 heterocycles. The van der Waals surface area contributed by atoms with Crippen molar-refractivity contribution in [2.45, 2.75) is 32.0 Å². The molecule has 0 aliphatic carbocycles. The molecule has 0 aromatic carbocycles. The first-order valence-corrected chi connectivity index (χ1v) is 11.6. The summed E-state index contributed by atoms with van der Waals surface area (Å²) in [5.74, 6) is -2.26. The molecular formula is C21H24F3N3O3S2. The molecule has 1 amide bonds. The molecule has 0 bridgehead atoms. The normalized spacial score (nSPS) is 23.4. The molecule has 2 unspecified atom stereocenters. The first-order valence-electron chi connectivity index (χ1n) is 9.94. The SMILES string of the molecule is C=CCN1CCC2(CN(Cc3ccc(C)s3)CC2c2nccs2)C1=O.O=C(O)C(F)(F)F. The first kappa shape index (κ1) is 24.4. The van der Waals surface area contributed by atoms with Crippen molar-refractivity contribution in [3.05, 3.63) is 51.1 Å². The summed E-state index contributed by atoms with van der Waals surface area (Å²) in [5.41, 5.74) is -0.312. The van der Waals surface area contributed by atoms with Gasteiger partial charge < -0.3 is 10.0 Å². The number of rotatable bonds is 5. The van der Waals surface area contributed by atoms with E-state index in [0.29, 0.717) is 6.54 Å². The molecule has 2 saturated heterocycles. The van der Waals surface area contributed by atoms with E-state index in [1.54, 1.807) is 11.3 Å². The lowest BCUT2D eigenvalue weighted by Crippen LogP contribution is -2.39. The van der Waals surface area contributed by atoms with Gasteiger partial charge in [-0.15, -0.1) is 29.3 Å². The van der Waals surface area contributed by atoms with E-state index in [4.69, 9.17) is 9.90 Å². The topological polar surface area (TPSA) is 73.7 Å². The summed E-state index contributed by atoms with van der Waals surface area (Å²) in [7, 11) is 0. The van der Waals surface area contributed by atoms with Crippen LogP contribution in [0.25, 0.3) is 0 Å². The molecule has 6 nitrogen and oxygen atoms in total. The number of carboxylic acid groups (broad SMARTS) is 1. The van der Waals surface area contributed by atoms with Gasteiger partial charge in [0.2, 0.25) is 5.91 Å². The van der Waals surface area contributed by atoms with E-state index in [9.17, 15) is 18.0 Å². The Labute approximate surface area is 192 Å². The van der Waals surface area contributed by atoms with Gasteiger partial charge in [-0.3, -0.25) is 9.69 Å². The minimum atomic E-state index is -5.08. The lowest BCUT2D eigenvalue weighted by Gasteiger charge is -2.27. The highest BCUT2D eigenvalue weighted by molar-refractivity contribution is 7.11. The Morgan fingerprint density at radius 1 is 1.44 bits per heavy atom. The number of aliphatic carboxylic acids is 1. The number of likely N-dealkylation sites (tertiary alicyclic amines) is 2. The number of carbonyl (C=O) groups is 2. The Hall–Kier alpha value is -2.24. The number of thiophene rings is 1. The highest BCUT2D eigenvalue weighted by atomic mass is 32.1. The minimum absolute atomic E-state index is 0.205. The van der Waals surface area contributed by atoms with Crippen molar-refractivity contribution in [3.63, 3.8) is 0 Å². The minimum Gasteiger partial charge on any atom is -0.475 e. The second-order valence-corrected chi connectivity index (χ2v) is 10.2. The number of alkyl halides is 3. The molecule has 1 spiro atoms. The number of carboxylic acids is 1. The predicted molar refractivity (Wildman–Crippen MR) is 117 cm³/mol. The van der Waals surface area contributed by atoms with Gasteiger partial charge in [-0.25, -0.2) is 9.78 Å². The highest BCUT2D eigenvalue weighted by Gasteiger charge is 2.57. The first-order chi connectivity index (χ1) is 15.1. The summed E-state index contributed by atoms with van der Waals surface area (Å²) in [6.45, 7) is 10.1. The van der Waals surface area contributed by atoms with Gasteiger partial charge in [-0.2, -0.15) is 13.2 Å². The number of nitrogens with zero attached hydrogens (tertiary/aromatic N) is 3. The molecule has 0 saturated carbocycles. The van der Waals surface area contributed by atoms with Gasteiger partial charge in [0, 0.05) is 60.0 Å². The fourth-order valence-corrected chi connectivity index (χ4v) is 6.08. The standard InChI is InChI=1S/C19H23N3OS2.C2HF3O2/c1-3-8-22-9-6-19(18(22)23)13-21(11-15-5-4-14(2)25-15)12-16(19)17-20-7-10-24-17;3-2(4,5)1(6)7/h3-5,7,10,16H,1,6,8-9,11-13H2,2H3;(H,6,7). The van der Waals surface area contributed by atoms with Gasteiger partial charge >= 0.3 is 12.1 Å². The summed E-state index contributed by atoms with van der Waals surface area (Å²) in [6, 6.07) is 4.39. The summed E-state index contributed by atoms with van der Waals surface area (Å²) in [4.78, 5) is 33.9. The Balaban J connectivity index is 0.000000360. The number of aromatic nitrogens is 1. The third-order valence-corrected chi connectivity index (χ3v) is 7.55. The smallest absolute Gasteiger partial charge is 0.475 e. The summed E-state index contributed by atoms with van der Waals surface area (Å²) < 4.78 is 31.7. The van der Waals surface area contributed by atoms with E-state index >= 15 is 0 Å². The van der Waals surface area contributed by atoms with E-state index in [2.05, 4.69) is 35.5 Å². The van der Waals surface area contributed by atoms with Crippen LogP contribution in [0.4, 0.5) is 13.2 Å². The molecule has 2 aromatic rings. The Kier molecular flexibility index (Phi) is 7.41. The lowest BCUT2D eigenvalue weighted by atomic mass is 9.77. The predicted octanol–water partition coefficient (Wildman–Crippen LogP) is 4.15. The van der Waals surface area contributed by atoms with Gasteiger partial charge in [0.1, 0.15) is 0 Å². The summed E-state index contributed by atoms with van der Waals surface area (Å²) >= 11 is 3.53. The molecule has 11 heteroatoms. The van der Waals surface area contributed by atoms with E-state index in [-0.39, 0.29) is 17.2 Å². The van der Waals surface area contributed by atoms with Crippen LogP contribution in [0.5, 0.6) is 0 Å². The number of thiazole rings is 1. The quantitative estimate of drug-likeness (QED) is 0.642. The fourth-order valence-electron chi connectivity index (χ4n) is 4.30. The zero-order valence-electron chi connectivity index (χ0n) is 17.5. The monoisotopic (exact) mass is 487 g/mol. The maximum Gasteiger partial charge on any atom is 0.490 e. The number of halogens is 3. The van der Waals surface area contributed by atoms with Crippen molar-refractivity contribution in [1.29, 1.82) is 0 Å². The van der Waals surface area contributed by atoms with Gasteiger partial charge in [-0.05, 0) is 25.5 Å². The Bertz CT molecular complexity index is 961. The zero-order valence-corrected chi connectivity index (χ0v) is 19.1. The van der Waals surface area contributed by atoms with Crippen LogP contribution in [-0.4, -0.2) is 64.1 Å². The van der Waals surface area contributed by atoms with E-state index < -0.39 is 12.1 Å². The molecule has 2 aliphatic rings. The number of aryl methyl sites for hydroxylation is 1. The van der Waals surface area contributed by atoms with Gasteiger partial charge in [-0.1, -0.05) is 6.08 Å². The average Bonchev–Trinajstić information content (AvgIpc) is 3.48. The fraction of sp³-hybridized carbons (Fsp3) is 0.476. The maximum atomic E-state index is 13.3. The van der Waals surface area contributed by atoms with Crippen LogP contribution in [0.15, 0.2) is 36.4 Å². The lowest BCUT2D eigenvalue weighted by molar-refractivity contribution is -0.192. The van der Waals surface area contributed by atoms with Crippen molar-refractivity contribution in [2.24, 2.45) is 5.41 Å². The molecule has 4 rings (SSSR count). The van der Waals surface area contributed by atoms with Crippen LogP contribution in [0.1, 0.15) is 27.1 Å². The zero-order chi connectivity index (χ0) is 23.5. The molecule has 174 valence electrons. The number of amides is 1. The van der Waals surface area contributed by atoms with Crippen LogP contribution in [0, 0.1) is 12.3 Å². The third kappa shape index (κ3) is 5.21. The van der Waals surface area contributed by atoms with E-state index in [1.807, 2.05) is 33.9 Å². The second-order valence-electron chi connectivity index (χ2n) is 7.85. The summed E-state index contributed by atoms with van der Waals surface area (Å²) in [6.07, 6.45) is -0.472. The molecule has 32 heavy (non-hydrogen) atoms. The van der Waals surface area contributed by atoms with Gasteiger partial charge in [0.05, 0.1) is 10.4 Å². The Morgan fingerprint density at radius 2 is 2.16 bits per heavy atom. The van der Waals surface area contributed by atoms with Crippen molar-refractivity contribution < 1.29 is 27.9 Å². The van der Waals surface area contributed by atoms with Crippen LogP contribution in [0.3, 0.4) is 0 Å². The molecule has 1 N–H and O–H groups in total. The van der Waals surface area contributed by atoms with E-state index in [0.717, 1.165) is 37.6 Å². The van der Waals surface area contributed by atoms with Crippen molar-refractivity contribution >= 4 is 34.6 Å².